The molecule has 1 unspecified atom stereocenters. The van der Waals surface area contributed by atoms with Gasteiger partial charge < -0.3 is 10.2 Å². The third-order valence-corrected chi connectivity index (χ3v) is 7.68. The van der Waals surface area contributed by atoms with Crippen LogP contribution in [0.25, 0.3) is 5.57 Å². The van der Waals surface area contributed by atoms with Gasteiger partial charge in [0, 0.05) is 17.0 Å². The number of benzene rings is 2. The van der Waals surface area contributed by atoms with Crippen LogP contribution in [0.4, 0.5) is 0 Å². The Morgan fingerprint density at radius 3 is 1.84 bits per heavy atom. The van der Waals surface area contributed by atoms with Crippen LogP contribution in [0.5, 0.6) is 11.5 Å². The highest BCUT2D eigenvalue weighted by Crippen LogP contribution is 2.46. The van der Waals surface area contributed by atoms with Crippen molar-refractivity contribution in [2.24, 2.45) is 0 Å². The molecule has 3 rings (SSSR count). The Morgan fingerprint density at radius 1 is 0.676 bits per heavy atom. The van der Waals surface area contributed by atoms with E-state index < -0.39 is 0 Å². The molecule has 0 heterocycles. The van der Waals surface area contributed by atoms with Gasteiger partial charge in [-0.1, -0.05) is 121 Å². The molecule has 2 aromatic rings. The van der Waals surface area contributed by atoms with Gasteiger partial charge >= 0.3 is 0 Å². The second-order valence-electron chi connectivity index (χ2n) is 10.8. The largest absolute Gasteiger partial charge is 0.508 e. The Kier molecular flexibility index (Phi) is 12.1. The van der Waals surface area contributed by atoms with E-state index in [1.165, 1.54) is 88.2 Å². The van der Waals surface area contributed by atoms with Crippen LogP contribution >= 0.6 is 0 Å². The van der Waals surface area contributed by atoms with Crippen LogP contribution in [0.15, 0.2) is 66.8 Å². The highest BCUT2D eigenvalue weighted by Gasteiger charge is 2.26. The number of hydrogen-bond donors (Lipinski definition) is 2. The van der Waals surface area contributed by atoms with Crippen molar-refractivity contribution in [1.29, 1.82) is 0 Å². The molecule has 0 radical (unpaired) electrons. The van der Waals surface area contributed by atoms with Crippen LogP contribution in [0.1, 0.15) is 119 Å². The summed E-state index contributed by atoms with van der Waals surface area (Å²) in [6, 6.07) is 12.1. The van der Waals surface area contributed by atoms with Crippen LogP contribution in [0.2, 0.25) is 0 Å². The first-order valence-corrected chi connectivity index (χ1v) is 14.8. The zero-order valence-corrected chi connectivity index (χ0v) is 23.3. The van der Waals surface area contributed by atoms with E-state index in [1.54, 1.807) is 0 Å². The van der Waals surface area contributed by atoms with Crippen molar-refractivity contribution in [2.75, 3.05) is 0 Å². The van der Waals surface area contributed by atoms with Crippen molar-refractivity contribution in [2.45, 2.75) is 110 Å². The highest BCUT2D eigenvalue weighted by atomic mass is 16.3. The van der Waals surface area contributed by atoms with Crippen LogP contribution in [0.3, 0.4) is 0 Å². The maximum Gasteiger partial charge on any atom is 0.123 e. The maximum absolute atomic E-state index is 10.9. The molecule has 0 saturated heterocycles. The van der Waals surface area contributed by atoms with Gasteiger partial charge in [-0.2, -0.15) is 0 Å². The molecule has 0 amide bonds. The van der Waals surface area contributed by atoms with E-state index in [1.807, 2.05) is 36.4 Å². The zero-order valence-electron chi connectivity index (χ0n) is 23.3. The molecule has 0 spiro atoms. The molecule has 0 bridgehead atoms. The minimum atomic E-state index is -0.176. The second-order valence-corrected chi connectivity index (χ2v) is 10.8. The monoisotopic (exact) mass is 500 g/mol. The third-order valence-electron chi connectivity index (χ3n) is 7.68. The number of unbranched alkanes of at least 4 members (excludes halogenated alkanes) is 10. The van der Waals surface area contributed by atoms with Gasteiger partial charge in [0.2, 0.25) is 0 Å². The van der Waals surface area contributed by atoms with E-state index in [-0.39, 0.29) is 11.7 Å². The average molecular weight is 501 g/mol. The molecule has 2 heteroatoms. The lowest BCUT2D eigenvalue weighted by molar-refractivity contribution is 0.466. The van der Waals surface area contributed by atoms with Crippen molar-refractivity contribution in [3.63, 3.8) is 0 Å². The van der Waals surface area contributed by atoms with E-state index in [2.05, 4.69) is 38.6 Å². The topological polar surface area (TPSA) is 40.5 Å². The predicted octanol–water partition coefficient (Wildman–Crippen LogP) is 10.2. The third kappa shape index (κ3) is 8.66. The summed E-state index contributed by atoms with van der Waals surface area (Å²) in [5.41, 5.74) is 6.17. The molecule has 0 fully saturated rings. The first kappa shape index (κ1) is 28.8. The Hall–Kier alpha value is -2.74. The van der Waals surface area contributed by atoms with Gasteiger partial charge in [0.1, 0.15) is 11.5 Å². The van der Waals surface area contributed by atoms with E-state index >= 15 is 0 Å². The quantitative estimate of drug-likeness (QED) is 0.225. The number of hydrogen-bond acceptors (Lipinski definition) is 2. The fourth-order valence-electron chi connectivity index (χ4n) is 5.46. The van der Waals surface area contributed by atoms with Crippen molar-refractivity contribution in [1.82, 2.24) is 0 Å². The smallest absolute Gasteiger partial charge is 0.123 e. The summed E-state index contributed by atoms with van der Waals surface area (Å²) in [5.74, 6) is 0.403. The van der Waals surface area contributed by atoms with Gasteiger partial charge in [-0.05, 0) is 66.2 Å². The molecule has 0 saturated carbocycles. The van der Waals surface area contributed by atoms with Gasteiger partial charge in [0.25, 0.3) is 0 Å². The lowest BCUT2D eigenvalue weighted by Crippen LogP contribution is -2.08. The van der Waals surface area contributed by atoms with Gasteiger partial charge in [-0.15, -0.1) is 0 Å². The SMILES string of the molecule is C=C1C=CC=C(c2cc(CCCCCCCC)ccc2O)C1c1cc(CCCCCCCC)ccc1O. The molecule has 37 heavy (non-hydrogen) atoms. The van der Waals surface area contributed by atoms with Crippen molar-refractivity contribution in [3.8, 4) is 11.5 Å². The predicted molar refractivity (Wildman–Crippen MR) is 159 cm³/mol. The molecule has 0 aliphatic heterocycles. The van der Waals surface area contributed by atoms with E-state index in [0.717, 1.165) is 35.1 Å². The fourth-order valence-corrected chi connectivity index (χ4v) is 5.46. The molecule has 2 nitrogen and oxygen atoms in total. The van der Waals surface area contributed by atoms with E-state index in [4.69, 9.17) is 0 Å². The number of aromatic hydroxyl groups is 2. The lowest BCUT2D eigenvalue weighted by Gasteiger charge is -2.26. The molecule has 1 aliphatic carbocycles. The molecular formula is C35H48O2. The summed E-state index contributed by atoms with van der Waals surface area (Å²) in [4.78, 5) is 0. The number of rotatable bonds is 16. The lowest BCUT2D eigenvalue weighted by atomic mass is 9.77. The maximum atomic E-state index is 10.9. The molecule has 2 N–H and O–H groups in total. The van der Waals surface area contributed by atoms with Gasteiger partial charge in [0.15, 0.2) is 0 Å². The number of allylic oxidation sites excluding steroid dienone is 5. The summed E-state index contributed by atoms with van der Waals surface area (Å²) < 4.78 is 0. The molecule has 200 valence electrons. The second kappa shape index (κ2) is 15.5. The van der Waals surface area contributed by atoms with Crippen LogP contribution < -0.4 is 0 Å². The van der Waals surface area contributed by atoms with Crippen molar-refractivity contribution >= 4 is 5.57 Å². The van der Waals surface area contributed by atoms with Crippen LogP contribution in [0, 0.1) is 0 Å². The number of aryl methyl sites for hydroxylation is 2. The number of phenolic OH excluding ortho intramolecular Hbond substituents is 2. The Balaban J connectivity index is 1.76. The minimum Gasteiger partial charge on any atom is -0.508 e. The minimum absolute atomic E-state index is 0.176. The Morgan fingerprint density at radius 2 is 1.22 bits per heavy atom. The summed E-state index contributed by atoms with van der Waals surface area (Å²) >= 11 is 0. The normalized spacial score (nSPS) is 15.2. The molecular weight excluding hydrogens is 452 g/mol. The summed E-state index contributed by atoms with van der Waals surface area (Å²) in [6.07, 6.45) is 23.4. The van der Waals surface area contributed by atoms with Crippen molar-refractivity contribution in [3.05, 3.63) is 89.0 Å². The Labute approximate surface area is 225 Å². The first-order valence-electron chi connectivity index (χ1n) is 14.8. The van der Waals surface area contributed by atoms with Crippen molar-refractivity contribution < 1.29 is 10.2 Å². The standard InChI is InChI=1S/C35H48O2/c1-4-6-8-10-12-14-18-28-21-23-33(36)31(25-28)30-20-16-17-27(3)35(30)32-26-29(22-24-34(32)37)19-15-13-11-9-7-5-2/h16-17,20-26,35-37H,3-15,18-19H2,1-2H3. The molecule has 2 aromatic carbocycles. The molecule has 1 atom stereocenters. The first-order chi connectivity index (χ1) is 18.0. The highest BCUT2D eigenvalue weighted by molar-refractivity contribution is 5.82. The zero-order chi connectivity index (χ0) is 26.5. The van der Waals surface area contributed by atoms with Crippen LogP contribution in [-0.4, -0.2) is 10.2 Å². The average Bonchev–Trinajstić information content (AvgIpc) is 2.90. The van der Waals surface area contributed by atoms with E-state index in [9.17, 15) is 10.2 Å². The van der Waals surface area contributed by atoms with Crippen LogP contribution in [-0.2, 0) is 12.8 Å². The Bertz CT molecular complexity index is 1060. The molecule has 0 aromatic heterocycles. The summed E-state index contributed by atoms with van der Waals surface area (Å²) in [7, 11) is 0. The molecule has 1 aliphatic rings. The summed E-state index contributed by atoms with van der Waals surface area (Å²) in [6.45, 7) is 8.84. The van der Waals surface area contributed by atoms with Gasteiger partial charge in [0.05, 0.1) is 0 Å². The van der Waals surface area contributed by atoms with E-state index in [0.29, 0.717) is 5.75 Å². The van der Waals surface area contributed by atoms with Gasteiger partial charge in [-0.3, -0.25) is 0 Å². The number of phenols is 2. The summed E-state index contributed by atoms with van der Waals surface area (Å²) in [5, 5.41) is 21.8. The van der Waals surface area contributed by atoms with Gasteiger partial charge in [-0.25, -0.2) is 0 Å². The fraction of sp³-hybridized carbons (Fsp3) is 0.486.